The van der Waals surface area contributed by atoms with Crippen LogP contribution in [0.15, 0.2) is 18.2 Å². The van der Waals surface area contributed by atoms with Crippen molar-refractivity contribution < 1.29 is 26.9 Å². The van der Waals surface area contributed by atoms with E-state index >= 15 is 0 Å². The molecule has 1 aromatic carbocycles. The highest BCUT2D eigenvalue weighted by Crippen LogP contribution is 2.31. The molecule has 0 aromatic heterocycles. The number of nitrogens with one attached hydrogen (secondary N) is 1. The largest absolute Gasteiger partial charge is 0.444 e. The van der Waals surface area contributed by atoms with Crippen LogP contribution in [0.3, 0.4) is 0 Å². The Morgan fingerprint density at radius 1 is 1.11 bits per heavy atom. The summed E-state index contributed by atoms with van der Waals surface area (Å²) in [5.74, 6) is 0. The molecule has 0 radical (unpaired) electrons. The fourth-order valence-corrected chi connectivity index (χ4v) is 2.74. The Hall–Kier alpha value is -1.06. The van der Waals surface area contributed by atoms with Crippen LogP contribution in [0.2, 0.25) is 10.0 Å². The summed E-state index contributed by atoms with van der Waals surface area (Å²) < 4.78 is 37.9. The van der Waals surface area contributed by atoms with Crippen LogP contribution in [0.5, 0.6) is 0 Å². The smallest absolute Gasteiger partial charge is 0.407 e. The Kier molecular flexibility index (Phi) is 8.37. The van der Waals surface area contributed by atoms with E-state index in [1.165, 1.54) is 0 Å². The molecule has 1 amide bonds. The number of hydrogen-bond donors (Lipinski definition) is 1. The number of hydrogen-bond acceptors (Lipinski definition) is 6. The van der Waals surface area contributed by atoms with E-state index in [-0.39, 0.29) is 19.8 Å². The first-order valence-corrected chi connectivity index (χ1v) is 10.7. The van der Waals surface area contributed by atoms with E-state index in [0.29, 0.717) is 15.6 Å². The molecule has 1 atom stereocenters. The molecule has 7 nitrogen and oxygen atoms in total. The van der Waals surface area contributed by atoms with Crippen molar-refractivity contribution in [1.29, 1.82) is 0 Å². The van der Waals surface area contributed by atoms with Crippen LogP contribution in [0.4, 0.5) is 4.79 Å². The van der Waals surface area contributed by atoms with Gasteiger partial charge in [0, 0.05) is 0 Å². The molecular weight excluding hydrogens is 417 g/mol. The van der Waals surface area contributed by atoms with Gasteiger partial charge in [0.25, 0.3) is 10.1 Å². The molecule has 0 saturated heterocycles. The highest BCUT2D eigenvalue weighted by molar-refractivity contribution is 7.85. The molecule has 1 aromatic rings. The van der Waals surface area contributed by atoms with Gasteiger partial charge < -0.3 is 14.8 Å². The molecule has 0 saturated carbocycles. The van der Waals surface area contributed by atoms with Crippen LogP contribution in [0, 0.1) is 0 Å². The number of benzene rings is 1. The lowest BCUT2D eigenvalue weighted by molar-refractivity contribution is -0.0466. The van der Waals surface area contributed by atoms with Crippen molar-refractivity contribution in [2.45, 2.75) is 38.9 Å². The monoisotopic (exact) mass is 441 g/mol. The summed E-state index contributed by atoms with van der Waals surface area (Å²) in [5.41, 5.74) is -1.02. The van der Waals surface area contributed by atoms with Gasteiger partial charge in [-0.2, -0.15) is 8.42 Å². The number of alkyl carbamates (subject to hydrolysis) is 1. The second-order valence-corrected chi connectivity index (χ2v) is 9.55. The fraction of sp³-hybridized carbons (Fsp3) is 0.588. The summed E-state index contributed by atoms with van der Waals surface area (Å²) in [4.78, 5) is 12.0. The predicted molar refractivity (Wildman–Crippen MR) is 105 cm³/mol. The Balaban J connectivity index is 2.90. The topological polar surface area (TPSA) is 90.9 Å². The zero-order valence-corrected chi connectivity index (χ0v) is 18.3. The molecule has 27 heavy (non-hydrogen) atoms. The minimum absolute atomic E-state index is 0.0280. The van der Waals surface area contributed by atoms with Crippen molar-refractivity contribution in [2.24, 2.45) is 0 Å². The third kappa shape index (κ3) is 9.12. The second kappa shape index (κ2) is 9.43. The normalized spacial score (nSPS) is 14.5. The minimum atomic E-state index is -3.57. The van der Waals surface area contributed by atoms with Crippen molar-refractivity contribution in [3.05, 3.63) is 33.8 Å². The Labute approximate surface area is 170 Å². The average molecular weight is 442 g/mol. The molecule has 0 heterocycles. The summed E-state index contributed by atoms with van der Waals surface area (Å²) in [6, 6.07) is 4.95. The summed E-state index contributed by atoms with van der Waals surface area (Å²) in [7, 11) is -3.57. The lowest BCUT2D eigenvalue weighted by Gasteiger charge is -2.31. The summed E-state index contributed by atoms with van der Waals surface area (Å²) in [6.07, 6.45) is 0.347. The lowest BCUT2D eigenvalue weighted by Crippen LogP contribution is -2.43. The van der Waals surface area contributed by atoms with Crippen LogP contribution in [-0.2, 0) is 29.4 Å². The molecule has 1 N–H and O–H groups in total. The number of carbonyl (C=O) groups excluding carboxylic acids is 1. The molecule has 10 heteroatoms. The quantitative estimate of drug-likeness (QED) is 0.488. The zero-order valence-electron chi connectivity index (χ0n) is 16.0. The van der Waals surface area contributed by atoms with E-state index in [4.69, 9.17) is 32.7 Å². The lowest BCUT2D eigenvalue weighted by atomic mass is 9.95. The number of rotatable bonds is 8. The number of carbonyl (C=O) groups is 1. The predicted octanol–water partition coefficient (Wildman–Crippen LogP) is 3.73. The first kappa shape index (κ1) is 24.0. The van der Waals surface area contributed by atoms with Crippen molar-refractivity contribution >= 4 is 39.4 Å². The van der Waals surface area contributed by atoms with Crippen LogP contribution in [-0.4, -0.2) is 46.1 Å². The van der Waals surface area contributed by atoms with Crippen molar-refractivity contribution in [3.63, 3.8) is 0 Å². The van der Waals surface area contributed by atoms with Gasteiger partial charge in [-0.05, 0) is 45.4 Å². The standard InChI is InChI=1S/C17H25Cl2NO6S/c1-16(2,3)26-15(21)20-11-17(4,24-8-9-25-27(5,22)23)12-6-7-13(18)14(19)10-12/h6-7,10H,8-9,11H2,1-5H3,(H,20,21). The van der Waals surface area contributed by atoms with Gasteiger partial charge in [-0.25, -0.2) is 4.79 Å². The molecular formula is C17H25Cl2NO6S. The van der Waals surface area contributed by atoms with Gasteiger partial charge in [-0.15, -0.1) is 0 Å². The van der Waals surface area contributed by atoms with Gasteiger partial charge in [0.15, 0.2) is 0 Å². The zero-order chi connectivity index (χ0) is 20.9. The maximum atomic E-state index is 12.0. The van der Waals surface area contributed by atoms with E-state index in [0.717, 1.165) is 6.26 Å². The Morgan fingerprint density at radius 3 is 2.26 bits per heavy atom. The Morgan fingerprint density at radius 2 is 1.74 bits per heavy atom. The molecule has 0 spiro atoms. The van der Waals surface area contributed by atoms with Crippen LogP contribution in [0.25, 0.3) is 0 Å². The molecule has 1 unspecified atom stereocenters. The van der Waals surface area contributed by atoms with Crippen LogP contribution < -0.4 is 5.32 Å². The van der Waals surface area contributed by atoms with E-state index in [2.05, 4.69) is 9.50 Å². The summed E-state index contributed by atoms with van der Waals surface area (Å²) in [6.45, 7) is 6.85. The third-order valence-electron chi connectivity index (χ3n) is 3.30. The molecule has 0 aliphatic heterocycles. The first-order valence-electron chi connectivity index (χ1n) is 8.13. The van der Waals surface area contributed by atoms with Crippen molar-refractivity contribution in [2.75, 3.05) is 26.0 Å². The first-order chi connectivity index (χ1) is 12.2. The molecule has 0 aliphatic rings. The van der Waals surface area contributed by atoms with Gasteiger partial charge in [0.2, 0.25) is 0 Å². The SMILES string of the molecule is CC(C)(C)OC(=O)NCC(C)(OCCOS(C)(=O)=O)c1ccc(Cl)c(Cl)c1. The number of halogens is 2. The highest BCUT2D eigenvalue weighted by Gasteiger charge is 2.30. The van der Waals surface area contributed by atoms with Gasteiger partial charge >= 0.3 is 6.09 Å². The van der Waals surface area contributed by atoms with E-state index in [1.54, 1.807) is 45.9 Å². The summed E-state index contributed by atoms with van der Waals surface area (Å²) in [5, 5.41) is 3.35. The Bertz CT molecular complexity index is 763. The van der Waals surface area contributed by atoms with Crippen LogP contribution >= 0.6 is 23.2 Å². The minimum Gasteiger partial charge on any atom is -0.444 e. The van der Waals surface area contributed by atoms with Crippen molar-refractivity contribution in [3.8, 4) is 0 Å². The third-order valence-corrected chi connectivity index (χ3v) is 4.63. The van der Waals surface area contributed by atoms with Gasteiger partial charge in [-0.1, -0.05) is 29.3 Å². The molecule has 1 rings (SSSR count). The maximum absolute atomic E-state index is 12.0. The highest BCUT2D eigenvalue weighted by atomic mass is 35.5. The van der Waals surface area contributed by atoms with Gasteiger partial charge in [-0.3, -0.25) is 4.18 Å². The number of amides is 1. The summed E-state index contributed by atoms with van der Waals surface area (Å²) >= 11 is 12.0. The molecule has 0 bridgehead atoms. The molecule has 0 aliphatic carbocycles. The van der Waals surface area contributed by atoms with Crippen LogP contribution in [0.1, 0.15) is 33.3 Å². The van der Waals surface area contributed by atoms with E-state index < -0.39 is 27.4 Å². The van der Waals surface area contributed by atoms with Gasteiger partial charge in [0.1, 0.15) is 11.2 Å². The maximum Gasteiger partial charge on any atom is 0.407 e. The average Bonchev–Trinajstić information content (AvgIpc) is 2.50. The molecule has 154 valence electrons. The fourth-order valence-electron chi connectivity index (χ4n) is 2.07. The van der Waals surface area contributed by atoms with E-state index in [9.17, 15) is 13.2 Å². The second-order valence-electron chi connectivity index (χ2n) is 7.09. The van der Waals surface area contributed by atoms with E-state index in [1.807, 2.05) is 0 Å². The molecule has 0 fully saturated rings. The van der Waals surface area contributed by atoms with Gasteiger partial charge in [0.05, 0.1) is 36.1 Å². The number of ether oxygens (including phenoxy) is 2. The van der Waals surface area contributed by atoms with Crippen molar-refractivity contribution in [1.82, 2.24) is 5.32 Å².